The van der Waals surface area contributed by atoms with Crippen LogP contribution in [0.2, 0.25) is 0 Å². The van der Waals surface area contributed by atoms with E-state index in [-0.39, 0.29) is 6.04 Å². The van der Waals surface area contributed by atoms with Crippen LogP contribution in [0.1, 0.15) is 32.8 Å². The van der Waals surface area contributed by atoms with Gasteiger partial charge >= 0.3 is 0 Å². The van der Waals surface area contributed by atoms with E-state index < -0.39 is 0 Å². The zero-order chi connectivity index (χ0) is 14.0. The summed E-state index contributed by atoms with van der Waals surface area (Å²) in [6, 6.07) is 6.90. The quantitative estimate of drug-likeness (QED) is 0.912. The third kappa shape index (κ3) is 3.73. The fourth-order valence-corrected chi connectivity index (χ4v) is 3.53. The summed E-state index contributed by atoms with van der Waals surface area (Å²) < 4.78 is 1.20. The Morgan fingerprint density at radius 3 is 2.63 bits per heavy atom. The topological polar surface area (TPSA) is 29.3 Å². The molecule has 0 bridgehead atoms. The van der Waals surface area contributed by atoms with E-state index in [0.29, 0.717) is 0 Å². The van der Waals surface area contributed by atoms with Crippen LogP contribution in [0.4, 0.5) is 5.69 Å². The Labute approximate surface area is 125 Å². The maximum atomic E-state index is 5.86. The van der Waals surface area contributed by atoms with Crippen LogP contribution in [-0.4, -0.2) is 19.1 Å². The normalized spacial score (nSPS) is 21.2. The van der Waals surface area contributed by atoms with E-state index in [2.05, 4.69) is 59.8 Å². The van der Waals surface area contributed by atoms with Crippen molar-refractivity contribution in [2.45, 2.75) is 39.7 Å². The van der Waals surface area contributed by atoms with Gasteiger partial charge in [-0.05, 0) is 65.2 Å². The highest BCUT2D eigenvalue weighted by molar-refractivity contribution is 9.10. The van der Waals surface area contributed by atoms with Crippen molar-refractivity contribution >= 4 is 21.6 Å². The average Bonchev–Trinajstić information content (AvgIpc) is 2.77. The van der Waals surface area contributed by atoms with Crippen molar-refractivity contribution in [3.05, 3.63) is 28.2 Å². The van der Waals surface area contributed by atoms with Crippen LogP contribution in [0.15, 0.2) is 22.7 Å². The van der Waals surface area contributed by atoms with Crippen LogP contribution < -0.4 is 10.6 Å². The van der Waals surface area contributed by atoms with Crippen LogP contribution in [0.25, 0.3) is 0 Å². The molecule has 2 atom stereocenters. The van der Waals surface area contributed by atoms with Gasteiger partial charge in [-0.2, -0.15) is 0 Å². The molecule has 2 nitrogen and oxygen atoms in total. The van der Waals surface area contributed by atoms with Crippen molar-refractivity contribution in [3.63, 3.8) is 0 Å². The fraction of sp³-hybridized carbons (Fsp3) is 0.625. The zero-order valence-electron chi connectivity index (χ0n) is 12.2. The molecule has 1 fully saturated rings. The van der Waals surface area contributed by atoms with Gasteiger partial charge in [-0.3, -0.25) is 0 Å². The first-order chi connectivity index (χ1) is 8.97. The number of rotatable bonds is 4. The summed E-state index contributed by atoms with van der Waals surface area (Å²) in [6.45, 7) is 9.07. The van der Waals surface area contributed by atoms with Gasteiger partial charge in [0.1, 0.15) is 0 Å². The average molecular weight is 325 g/mol. The van der Waals surface area contributed by atoms with Crippen LogP contribution in [-0.2, 0) is 6.42 Å². The van der Waals surface area contributed by atoms with Gasteiger partial charge in [0.25, 0.3) is 0 Å². The van der Waals surface area contributed by atoms with Crippen LogP contribution in [0.3, 0.4) is 0 Å². The Kier molecular flexibility index (Phi) is 4.91. The number of nitrogens with two attached hydrogens (primary N) is 1. The number of hydrogen-bond donors (Lipinski definition) is 1. The maximum Gasteiger partial charge on any atom is 0.0510 e. The van der Waals surface area contributed by atoms with Crippen molar-refractivity contribution in [3.8, 4) is 0 Å². The number of halogens is 1. The van der Waals surface area contributed by atoms with E-state index in [1.54, 1.807) is 0 Å². The lowest BCUT2D eigenvalue weighted by molar-refractivity contribution is 0.423. The molecule has 0 aromatic heterocycles. The van der Waals surface area contributed by atoms with Crippen molar-refractivity contribution in [1.29, 1.82) is 0 Å². The first-order valence-corrected chi connectivity index (χ1v) is 8.05. The second-order valence-corrected chi connectivity index (χ2v) is 7.06. The Morgan fingerprint density at radius 1 is 1.37 bits per heavy atom. The molecule has 1 aliphatic rings. The predicted octanol–water partition coefficient (Wildman–Crippen LogP) is 3.82. The fourth-order valence-electron chi connectivity index (χ4n) is 2.86. The van der Waals surface area contributed by atoms with Gasteiger partial charge in [0, 0.05) is 23.6 Å². The molecule has 0 aliphatic carbocycles. The monoisotopic (exact) mass is 324 g/mol. The van der Waals surface area contributed by atoms with Gasteiger partial charge in [0.05, 0.1) is 5.69 Å². The Bertz CT molecular complexity index is 429. The van der Waals surface area contributed by atoms with Crippen molar-refractivity contribution in [2.24, 2.45) is 17.6 Å². The molecule has 1 aromatic carbocycles. The Morgan fingerprint density at radius 2 is 2.11 bits per heavy atom. The highest BCUT2D eigenvalue weighted by Gasteiger charge is 2.25. The maximum absolute atomic E-state index is 5.86. The van der Waals surface area contributed by atoms with Crippen LogP contribution >= 0.6 is 15.9 Å². The summed E-state index contributed by atoms with van der Waals surface area (Å²) in [7, 11) is 0. The highest BCUT2D eigenvalue weighted by atomic mass is 79.9. The van der Waals surface area contributed by atoms with Crippen LogP contribution in [0.5, 0.6) is 0 Å². The molecule has 1 heterocycles. The third-order valence-electron chi connectivity index (χ3n) is 4.08. The van der Waals surface area contributed by atoms with Gasteiger partial charge in [-0.25, -0.2) is 0 Å². The second-order valence-electron chi connectivity index (χ2n) is 6.21. The standard InChI is InChI=1S/C16H25BrN2/c1-11(2)14-6-7-19(10-14)16-5-4-13(8-12(3)18)9-15(16)17/h4-5,9,11-12,14H,6-8,10,18H2,1-3H3. The van der Waals surface area contributed by atoms with Gasteiger partial charge in [-0.1, -0.05) is 19.9 Å². The first kappa shape index (κ1) is 14.9. The summed E-state index contributed by atoms with van der Waals surface area (Å²) in [4.78, 5) is 2.50. The summed E-state index contributed by atoms with van der Waals surface area (Å²) in [5.41, 5.74) is 8.50. The van der Waals surface area contributed by atoms with Gasteiger partial charge in [0.15, 0.2) is 0 Å². The minimum absolute atomic E-state index is 0.217. The molecule has 1 aromatic rings. The summed E-state index contributed by atoms with van der Waals surface area (Å²) >= 11 is 3.72. The predicted molar refractivity (Wildman–Crippen MR) is 86.7 cm³/mol. The number of anilines is 1. The van der Waals surface area contributed by atoms with Crippen molar-refractivity contribution in [1.82, 2.24) is 0 Å². The second kappa shape index (κ2) is 6.27. The molecule has 0 radical (unpaired) electrons. The smallest absolute Gasteiger partial charge is 0.0510 e. The summed E-state index contributed by atoms with van der Waals surface area (Å²) in [6.07, 6.45) is 2.25. The minimum atomic E-state index is 0.217. The summed E-state index contributed by atoms with van der Waals surface area (Å²) in [5.74, 6) is 1.61. The largest absolute Gasteiger partial charge is 0.370 e. The van der Waals surface area contributed by atoms with Gasteiger partial charge < -0.3 is 10.6 Å². The molecule has 106 valence electrons. The van der Waals surface area contributed by atoms with E-state index in [0.717, 1.165) is 18.3 Å². The van der Waals surface area contributed by atoms with E-state index in [1.807, 2.05) is 0 Å². The molecular weight excluding hydrogens is 300 g/mol. The molecule has 0 spiro atoms. The molecule has 1 aliphatic heterocycles. The minimum Gasteiger partial charge on any atom is -0.370 e. The highest BCUT2D eigenvalue weighted by Crippen LogP contribution is 2.33. The van der Waals surface area contributed by atoms with Crippen molar-refractivity contribution in [2.75, 3.05) is 18.0 Å². The molecule has 0 amide bonds. The lowest BCUT2D eigenvalue weighted by atomic mass is 9.95. The molecule has 19 heavy (non-hydrogen) atoms. The molecular formula is C16H25BrN2. The lowest BCUT2D eigenvalue weighted by Crippen LogP contribution is -2.22. The van der Waals surface area contributed by atoms with Crippen molar-refractivity contribution < 1.29 is 0 Å². The SMILES string of the molecule is CC(N)Cc1ccc(N2CCC(C(C)C)C2)c(Br)c1. The molecule has 1 saturated heterocycles. The number of hydrogen-bond acceptors (Lipinski definition) is 2. The molecule has 2 rings (SSSR count). The van der Waals surface area contributed by atoms with E-state index in [9.17, 15) is 0 Å². The number of nitrogens with zero attached hydrogens (tertiary/aromatic N) is 1. The molecule has 0 saturated carbocycles. The van der Waals surface area contributed by atoms with E-state index in [1.165, 1.54) is 35.2 Å². The third-order valence-corrected chi connectivity index (χ3v) is 4.71. The Hall–Kier alpha value is -0.540. The lowest BCUT2D eigenvalue weighted by Gasteiger charge is -2.22. The Balaban J connectivity index is 2.09. The zero-order valence-corrected chi connectivity index (χ0v) is 13.8. The molecule has 2 unspecified atom stereocenters. The van der Waals surface area contributed by atoms with Gasteiger partial charge in [-0.15, -0.1) is 0 Å². The number of benzene rings is 1. The van der Waals surface area contributed by atoms with Gasteiger partial charge in [0.2, 0.25) is 0 Å². The first-order valence-electron chi connectivity index (χ1n) is 7.26. The van der Waals surface area contributed by atoms with E-state index >= 15 is 0 Å². The summed E-state index contributed by atoms with van der Waals surface area (Å²) in [5, 5.41) is 0. The molecule has 2 N–H and O–H groups in total. The molecule has 3 heteroatoms. The van der Waals surface area contributed by atoms with Crippen LogP contribution in [0, 0.1) is 11.8 Å². The van der Waals surface area contributed by atoms with E-state index in [4.69, 9.17) is 5.73 Å².